The van der Waals surface area contributed by atoms with E-state index in [1.165, 1.54) is 12.3 Å². The van der Waals surface area contributed by atoms with Crippen molar-refractivity contribution in [3.63, 3.8) is 0 Å². The Morgan fingerprint density at radius 3 is 2.42 bits per heavy atom. The van der Waals surface area contributed by atoms with Gasteiger partial charge >= 0.3 is 11.8 Å². The van der Waals surface area contributed by atoms with Gasteiger partial charge in [-0.25, -0.2) is 9.59 Å². The molecule has 0 bridgehead atoms. The molecule has 2 amide bonds. The second-order valence-electron chi connectivity index (χ2n) is 8.59. The van der Waals surface area contributed by atoms with E-state index in [1.807, 2.05) is 0 Å². The predicted octanol–water partition coefficient (Wildman–Crippen LogP) is -0.657. The fraction of sp³-hybridized carbons (Fsp3) is 0.684. The molecular weight excluding hydrogens is 412 g/mol. The normalized spacial score (nSPS) is 24.7. The summed E-state index contributed by atoms with van der Waals surface area (Å²) in [6.45, 7) is 8.02. The maximum atomic E-state index is 12.6. The van der Waals surface area contributed by atoms with Gasteiger partial charge in [0.2, 0.25) is 5.91 Å². The third-order valence-corrected chi connectivity index (χ3v) is 4.49. The number of ether oxygens (including phenoxy) is 2. The summed E-state index contributed by atoms with van der Waals surface area (Å²) in [6.07, 6.45) is -4.62. The molecule has 0 aliphatic carbocycles. The molecule has 1 aromatic rings. The Bertz CT molecular complexity index is 850. The number of nitrogens with one attached hydrogen (secondary N) is 2. The number of aliphatic hydroxyl groups excluding tert-OH is 3. The lowest BCUT2D eigenvalue weighted by Gasteiger charge is -2.25. The first-order valence-corrected chi connectivity index (χ1v) is 9.86. The number of hydrogen-bond donors (Lipinski definition) is 5. The molecule has 12 heteroatoms. The van der Waals surface area contributed by atoms with Crippen molar-refractivity contribution >= 4 is 17.8 Å². The van der Waals surface area contributed by atoms with E-state index in [0.29, 0.717) is 0 Å². The van der Waals surface area contributed by atoms with Crippen LogP contribution in [-0.2, 0) is 14.3 Å². The molecule has 1 aliphatic rings. The summed E-state index contributed by atoms with van der Waals surface area (Å²) in [6, 6.07) is 0.360. The maximum absolute atomic E-state index is 12.6. The highest BCUT2D eigenvalue weighted by Crippen LogP contribution is 2.28. The standard InChI is InChI=1S/C19H30N4O8/c1-9(2)12(22-18(29)31-19(3,4)5)15(27)20-11-6-7-23(17(28)21-11)16-14(26)13(25)10(8-24)30-16/h6-7,9-10,12-14,16,24-26H,8H2,1-5H3,(H,22,29)(H,20,21,27,28). The minimum atomic E-state index is -1.44. The molecule has 2 heterocycles. The van der Waals surface area contributed by atoms with Crippen LogP contribution in [0.5, 0.6) is 0 Å². The van der Waals surface area contributed by atoms with Gasteiger partial charge in [-0.15, -0.1) is 0 Å². The van der Waals surface area contributed by atoms with Gasteiger partial charge in [0.25, 0.3) is 0 Å². The summed E-state index contributed by atoms with van der Waals surface area (Å²) < 4.78 is 11.4. The number of amides is 2. The zero-order chi connectivity index (χ0) is 23.5. The molecule has 5 N–H and O–H groups in total. The maximum Gasteiger partial charge on any atom is 0.408 e. The van der Waals surface area contributed by atoms with Gasteiger partial charge in [0, 0.05) is 6.20 Å². The minimum absolute atomic E-state index is 0.0744. The number of nitrogens with zero attached hydrogens (tertiary/aromatic N) is 2. The highest BCUT2D eigenvalue weighted by atomic mass is 16.6. The summed E-state index contributed by atoms with van der Waals surface area (Å²) in [5, 5.41) is 34.0. The van der Waals surface area contributed by atoms with Crippen LogP contribution in [0, 0.1) is 5.92 Å². The topological polar surface area (TPSA) is 172 Å². The van der Waals surface area contributed by atoms with Crippen molar-refractivity contribution < 1.29 is 34.4 Å². The first kappa shape index (κ1) is 24.7. The lowest BCUT2D eigenvalue weighted by molar-refractivity contribution is -0.119. The molecule has 31 heavy (non-hydrogen) atoms. The smallest absolute Gasteiger partial charge is 0.408 e. The molecule has 1 saturated heterocycles. The zero-order valence-corrected chi connectivity index (χ0v) is 18.1. The highest BCUT2D eigenvalue weighted by Gasteiger charge is 2.43. The van der Waals surface area contributed by atoms with Gasteiger partial charge in [-0.1, -0.05) is 13.8 Å². The highest BCUT2D eigenvalue weighted by molar-refractivity contribution is 5.96. The van der Waals surface area contributed by atoms with Gasteiger partial charge in [0.15, 0.2) is 6.23 Å². The fourth-order valence-corrected chi connectivity index (χ4v) is 2.96. The van der Waals surface area contributed by atoms with Crippen LogP contribution in [0.25, 0.3) is 0 Å². The monoisotopic (exact) mass is 442 g/mol. The molecule has 0 radical (unpaired) electrons. The first-order valence-electron chi connectivity index (χ1n) is 9.86. The van der Waals surface area contributed by atoms with Crippen LogP contribution in [-0.4, -0.2) is 73.4 Å². The van der Waals surface area contributed by atoms with E-state index >= 15 is 0 Å². The van der Waals surface area contributed by atoms with Crippen molar-refractivity contribution in [3.8, 4) is 0 Å². The van der Waals surface area contributed by atoms with Gasteiger partial charge in [-0.05, 0) is 32.8 Å². The number of aromatic nitrogens is 2. The summed E-state index contributed by atoms with van der Waals surface area (Å²) in [4.78, 5) is 40.8. The van der Waals surface area contributed by atoms with Crippen LogP contribution in [0.1, 0.15) is 40.8 Å². The van der Waals surface area contributed by atoms with E-state index in [9.17, 15) is 24.6 Å². The van der Waals surface area contributed by atoms with Crippen molar-refractivity contribution in [3.05, 3.63) is 22.7 Å². The molecule has 0 aromatic carbocycles. The molecule has 12 nitrogen and oxygen atoms in total. The first-order chi connectivity index (χ1) is 14.3. The molecule has 1 aliphatic heterocycles. The second kappa shape index (κ2) is 9.73. The molecular formula is C19H30N4O8. The van der Waals surface area contributed by atoms with Crippen molar-refractivity contribution in [2.45, 2.75) is 70.8 Å². The van der Waals surface area contributed by atoms with E-state index in [0.717, 1.165) is 4.57 Å². The van der Waals surface area contributed by atoms with Gasteiger partial charge in [0.05, 0.1) is 6.61 Å². The largest absolute Gasteiger partial charge is 0.444 e. The second-order valence-corrected chi connectivity index (χ2v) is 8.59. The number of rotatable bonds is 6. The number of anilines is 1. The number of aliphatic hydroxyl groups is 3. The van der Waals surface area contributed by atoms with Crippen molar-refractivity contribution in [2.75, 3.05) is 11.9 Å². The third kappa shape index (κ3) is 6.23. The summed E-state index contributed by atoms with van der Waals surface area (Å²) in [5.74, 6) is -0.958. The lowest BCUT2D eigenvalue weighted by atomic mass is 10.0. The predicted molar refractivity (Wildman–Crippen MR) is 108 cm³/mol. The van der Waals surface area contributed by atoms with Gasteiger partial charge in [0.1, 0.15) is 35.8 Å². The van der Waals surface area contributed by atoms with Crippen LogP contribution >= 0.6 is 0 Å². The Labute approximate surface area is 179 Å². The number of hydrogen-bond acceptors (Lipinski definition) is 9. The molecule has 1 fully saturated rings. The van der Waals surface area contributed by atoms with E-state index in [-0.39, 0.29) is 11.7 Å². The average Bonchev–Trinajstić information content (AvgIpc) is 2.92. The van der Waals surface area contributed by atoms with E-state index in [2.05, 4.69) is 15.6 Å². The number of alkyl carbamates (subject to hydrolysis) is 1. The van der Waals surface area contributed by atoms with Crippen LogP contribution < -0.4 is 16.3 Å². The molecule has 5 atom stereocenters. The zero-order valence-electron chi connectivity index (χ0n) is 18.1. The van der Waals surface area contributed by atoms with Crippen LogP contribution in [0.4, 0.5) is 10.6 Å². The molecule has 2 rings (SSSR count). The molecule has 0 saturated carbocycles. The molecule has 174 valence electrons. The Kier molecular flexibility index (Phi) is 7.76. The van der Waals surface area contributed by atoms with E-state index in [1.54, 1.807) is 34.6 Å². The molecule has 5 unspecified atom stereocenters. The Hall–Kier alpha value is -2.54. The number of carbonyl (C=O) groups excluding carboxylic acids is 2. The Morgan fingerprint density at radius 2 is 1.94 bits per heavy atom. The van der Waals surface area contributed by atoms with Crippen LogP contribution in [0.3, 0.4) is 0 Å². The number of carbonyl (C=O) groups is 2. The van der Waals surface area contributed by atoms with E-state index in [4.69, 9.17) is 14.6 Å². The molecule has 1 aromatic heterocycles. The van der Waals surface area contributed by atoms with Crippen molar-refractivity contribution in [1.29, 1.82) is 0 Å². The van der Waals surface area contributed by atoms with Crippen molar-refractivity contribution in [1.82, 2.24) is 14.9 Å². The Morgan fingerprint density at radius 1 is 1.29 bits per heavy atom. The van der Waals surface area contributed by atoms with Gasteiger partial charge in [-0.3, -0.25) is 9.36 Å². The van der Waals surface area contributed by atoms with Gasteiger partial charge < -0.3 is 35.4 Å². The summed E-state index contributed by atoms with van der Waals surface area (Å²) in [7, 11) is 0. The summed E-state index contributed by atoms with van der Waals surface area (Å²) >= 11 is 0. The quantitative estimate of drug-likeness (QED) is 0.383. The van der Waals surface area contributed by atoms with Crippen LogP contribution in [0.15, 0.2) is 17.1 Å². The van der Waals surface area contributed by atoms with E-state index < -0.39 is 60.5 Å². The lowest BCUT2D eigenvalue weighted by Crippen LogP contribution is -2.48. The fourth-order valence-electron chi connectivity index (χ4n) is 2.96. The average molecular weight is 442 g/mol. The molecule has 0 spiro atoms. The minimum Gasteiger partial charge on any atom is -0.444 e. The van der Waals surface area contributed by atoms with Crippen LogP contribution in [0.2, 0.25) is 0 Å². The van der Waals surface area contributed by atoms with Crippen molar-refractivity contribution in [2.24, 2.45) is 5.92 Å². The SMILES string of the molecule is CC(C)C(NC(=O)OC(C)(C)C)C(=O)Nc1ccn(C2OC(CO)C(O)C2O)c(=O)n1. The Balaban J connectivity index is 2.11. The third-order valence-electron chi connectivity index (χ3n) is 4.49. The van der Waals surface area contributed by atoms with Gasteiger partial charge in [-0.2, -0.15) is 4.98 Å². The summed E-state index contributed by atoms with van der Waals surface area (Å²) in [5.41, 5.74) is -1.59.